The number of rotatable bonds is 4. The molecule has 2 aromatic heterocycles. The van der Waals surface area contributed by atoms with Crippen molar-refractivity contribution in [2.75, 3.05) is 30.3 Å². The molecule has 0 amide bonds. The fourth-order valence-corrected chi connectivity index (χ4v) is 4.04. The highest BCUT2D eigenvalue weighted by atomic mass is 32.1. The van der Waals surface area contributed by atoms with Gasteiger partial charge >= 0.3 is 0 Å². The van der Waals surface area contributed by atoms with Gasteiger partial charge in [-0.05, 0) is 43.6 Å². The molecule has 0 radical (unpaired) electrons. The Morgan fingerprint density at radius 3 is 2.81 bits per heavy atom. The minimum Gasteiger partial charge on any atom is -0.490 e. The Balaban J connectivity index is 1.76. The third-order valence-electron chi connectivity index (χ3n) is 4.44. The lowest BCUT2D eigenvalue weighted by atomic mass is 10.0. The standard InChI is InChI=1S/C18H19N5O3S/c1-2-26-14-10-11(5-6-13(14)24)9-12-15(19)23-17(20-16(12)25)27-18(21-23)22-7-3-4-8-22/h5-6,9-10H,2-4,7-8,19H2,1H3. The van der Waals surface area contributed by atoms with E-state index in [2.05, 4.69) is 15.0 Å². The van der Waals surface area contributed by atoms with Crippen LogP contribution in [0, 0.1) is 0 Å². The second-order valence-corrected chi connectivity index (χ2v) is 7.21. The van der Waals surface area contributed by atoms with Gasteiger partial charge in [0.1, 0.15) is 5.82 Å². The predicted octanol–water partition coefficient (Wildman–Crippen LogP) is 1.78. The molecular weight excluding hydrogens is 366 g/mol. The van der Waals surface area contributed by atoms with Crippen molar-refractivity contribution in [3.05, 3.63) is 45.5 Å². The molecule has 0 bridgehead atoms. The third kappa shape index (κ3) is 3.25. The van der Waals surface area contributed by atoms with E-state index in [9.17, 15) is 9.59 Å². The zero-order valence-corrected chi connectivity index (χ0v) is 15.7. The largest absolute Gasteiger partial charge is 0.490 e. The molecular formula is C18H19N5O3S. The molecule has 1 aliphatic heterocycles. The van der Waals surface area contributed by atoms with E-state index in [-0.39, 0.29) is 22.9 Å². The van der Waals surface area contributed by atoms with Crippen LogP contribution in [0.4, 0.5) is 10.9 Å². The molecule has 4 rings (SSSR count). The van der Waals surface area contributed by atoms with E-state index in [4.69, 9.17) is 10.5 Å². The maximum Gasteiger partial charge on any atom is 0.283 e. The lowest BCUT2D eigenvalue weighted by Crippen LogP contribution is -2.18. The average molecular weight is 385 g/mol. The maximum atomic E-state index is 12.5. The van der Waals surface area contributed by atoms with Gasteiger partial charge in [0, 0.05) is 13.1 Å². The van der Waals surface area contributed by atoms with E-state index in [0.717, 1.165) is 31.1 Å². The molecule has 0 saturated carbocycles. The molecule has 9 heteroatoms. The third-order valence-corrected chi connectivity index (χ3v) is 5.41. The topological polar surface area (TPSA) is 103 Å². The van der Waals surface area contributed by atoms with Crippen molar-refractivity contribution in [3.63, 3.8) is 0 Å². The van der Waals surface area contributed by atoms with Crippen LogP contribution in [-0.2, 0) is 9.53 Å². The van der Waals surface area contributed by atoms with Gasteiger partial charge in [-0.15, -0.1) is 5.10 Å². The monoisotopic (exact) mass is 385 g/mol. The number of carbonyl (C=O) groups excluding carboxylic acids is 1. The summed E-state index contributed by atoms with van der Waals surface area (Å²) in [5.74, 6) is 0.266. The zero-order chi connectivity index (χ0) is 19.0. The first-order valence-corrected chi connectivity index (χ1v) is 9.61. The normalized spacial score (nSPS) is 18.6. The lowest BCUT2D eigenvalue weighted by molar-refractivity contribution is -0.114. The zero-order valence-electron chi connectivity index (χ0n) is 14.8. The average Bonchev–Trinajstić information content (AvgIpc) is 3.31. The molecule has 1 aliphatic carbocycles. The smallest absolute Gasteiger partial charge is 0.283 e. The number of allylic oxidation sites excluding steroid dienone is 4. The first kappa shape index (κ1) is 17.5. The molecule has 27 heavy (non-hydrogen) atoms. The van der Waals surface area contributed by atoms with Crippen molar-refractivity contribution in [1.29, 1.82) is 0 Å². The van der Waals surface area contributed by atoms with Crippen LogP contribution in [0.3, 0.4) is 0 Å². The van der Waals surface area contributed by atoms with E-state index < -0.39 is 5.56 Å². The summed E-state index contributed by atoms with van der Waals surface area (Å²) in [6, 6.07) is 0. The van der Waals surface area contributed by atoms with E-state index in [1.165, 1.54) is 21.9 Å². The highest BCUT2D eigenvalue weighted by Crippen LogP contribution is 2.27. The number of carbonyl (C=O) groups is 1. The molecule has 3 heterocycles. The van der Waals surface area contributed by atoms with Gasteiger partial charge in [-0.1, -0.05) is 17.4 Å². The summed E-state index contributed by atoms with van der Waals surface area (Å²) in [6.45, 7) is 4.09. The van der Waals surface area contributed by atoms with Crippen LogP contribution in [0.15, 0.2) is 34.4 Å². The molecule has 1 saturated heterocycles. The second kappa shape index (κ2) is 6.99. The van der Waals surface area contributed by atoms with Gasteiger partial charge in [-0.2, -0.15) is 9.50 Å². The van der Waals surface area contributed by atoms with E-state index >= 15 is 0 Å². The van der Waals surface area contributed by atoms with Crippen molar-refractivity contribution >= 4 is 39.1 Å². The van der Waals surface area contributed by atoms with Crippen LogP contribution in [0.25, 0.3) is 11.0 Å². The van der Waals surface area contributed by atoms with Gasteiger partial charge in [0.15, 0.2) is 5.76 Å². The minimum atomic E-state index is -0.423. The Labute approximate surface area is 159 Å². The van der Waals surface area contributed by atoms with E-state index in [0.29, 0.717) is 17.1 Å². The Morgan fingerprint density at radius 1 is 1.30 bits per heavy atom. The van der Waals surface area contributed by atoms with Gasteiger partial charge in [0.25, 0.3) is 5.56 Å². The predicted molar refractivity (Wildman–Crippen MR) is 105 cm³/mol. The molecule has 8 nitrogen and oxygen atoms in total. The van der Waals surface area contributed by atoms with Gasteiger partial charge in [-0.25, -0.2) is 0 Å². The fourth-order valence-electron chi connectivity index (χ4n) is 3.09. The van der Waals surface area contributed by atoms with Crippen molar-refractivity contribution in [1.82, 2.24) is 14.6 Å². The molecule has 1 fully saturated rings. The van der Waals surface area contributed by atoms with Crippen molar-refractivity contribution in [3.8, 4) is 0 Å². The van der Waals surface area contributed by atoms with Crippen LogP contribution in [-0.4, -0.2) is 40.1 Å². The molecule has 0 atom stereocenters. The van der Waals surface area contributed by atoms with Crippen molar-refractivity contribution in [2.24, 2.45) is 0 Å². The number of ketones is 1. The summed E-state index contributed by atoms with van der Waals surface area (Å²) in [4.78, 5) is 31.1. The first-order valence-electron chi connectivity index (χ1n) is 8.79. The highest BCUT2D eigenvalue weighted by molar-refractivity contribution is 7.20. The van der Waals surface area contributed by atoms with Crippen LogP contribution in [0.5, 0.6) is 0 Å². The van der Waals surface area contributed by atoms with Crippen LogP contribution in [0.1, 0.15) is 25.3 Å². The van der Waals surface area contributed by atoms with Gasteiger partial charge in [-0.3, -0.25) is 9.59 Å². The number of aromatic nitrogens is 3. The van der Waals surface area contributed by atoms with E-state index in [1.807, 2.05) is 0 Å². The number of nitrogens with two attached hydrogens (primary N) is 1. The second-order valence-electron chi connectivity index (χ2n) is 6.27. The van der Waals surface area contributed by atoms with E-state index in [1.54, 1.807) is 25.2 Å². The summed E-state index contributed by atoms with van der Waals surface area (Å²) in [5.41, 5.74) is 6.69. The van der Waals surface area contributed by atoms with Crippen LogP contribution in [0.2, 0.25) is 0 Å². The molecule has 0 spiro atoms. The highest BCUT2D eigenvalue weighted by Gasteiger charge is 2.20. The molecule has 2 aliphatic rings. The summed E-state index contributed by atoms with van der Waals surface area (Å²) in [5, 5.41) is 5.36. The Kier molecular flexibility index (Phi) is 4.53. The molecule has 140 valence electrons. The summed E-state index contributed by atoms with van der Waals surface area (Å²) in [6.07, 6.45) is 8.49. The Morgan fingerprint density at radius 2 is 2.07 bits per heavy atom. The number of hydrogen-bond acceptors (Lipinski definition) is 8. The summed E-state index contributed by atoms with van der Waals surface area (Å²) < 4.78 is 6.84. The molecule has 2 N–H and O–H groups in total. The summed E-state index contributed by atoms with van der Waals surface area (Å²) in [7, 11) is 0. The summed E-state index contributed by atoms with van der Waals surface area (Å²) >= 11 is 1.36. The number of nitrogen functional groups attached to an aromatic ring is 1. The number of nitrogens with zero attached hydrogens (tertiary/aromatic N) is 4. The molecule has 2 aromatic rings. The van der Waals surface area contributed by atoms with Crippen LogP contribution < -0.4 is 16.2 Å². The molecule has 0 aromatic carbocycles. The number of anilines is 2. The number of hydrogen-bond donors (Lipinski definition) is 1. The van der Waals surface area contributed by atoms with Gasteiger partial charge in [0.05, 0.1) is 12.2 Å². The van der Waals surface area contributed by atoms with Crippen LogP contribution >= 0.6 is 11.3 Å². The molecule has 0 unspecified atom stereocenters. The minimum absolute atomic E-state index is 0.206. The lowest BCUT2D eigenvalue weighted by Gasteiger charge is -2.11. The van der Waals surface area contributed by atoms with Crippen molar-refractivity contribution in [2.45, 2.75) is 19.8 Å². The maximum absolute atomic E-state index is 12.5. The van der Waals surface area contributed by atoms with Gasteiger partial charge < -0.3 is 15.4 Å². The van der Waals surface area contributed by atoms with Crippen molar-refractivity contribution < 1.29 is 9.53 Å². The quantitative estimate of drug-likeness (QED) is 0.855. The number of ether oxygens (including phenoxy) is 1. The Hall–Kier alpha value is -2.94. The first-order chi connectivity index (χ1) is 13.1. The fraction of sp³-hybridized carbons (Fsp3) is 0.333. The number of fused-ring (bicyclic) bond motifs is 1. The SMILES string of the molecule is CCOC1=CC(=Cc2c(N)n3nc(N4CCCC4)sc3nc2=O)C=CC1=O. The Bertz CT molecular complexity index is 1060. The van der Waals surface area contributed by atoms with Gasteiger partial charge in [0.2, 0.25) is 15.9 Å².